The van der Waals surface area contributed by atoms with Gasteiger partial charge in [-0.2, -0.15) is 5.26 Å². The van der Waals surface area contributed by atoms with E-state index in [1.165, 1.54) is 6.08 Å². The number of hydrogen-bond donors (Lipinski definition) is 1. The summed E-state index contributed by atoms with van der Waals surface area (Å²) in [6, 6.07) is 19.0. The van der Waals surface area contributed by atoms with Crippen molar-refractivity contribution in [1.29, 1.82) is 5.26 Å². The van der Waals surface area contributed by atoms with Gasteiger partial charge in [0.1, 0.15) is 5.75 Å². The Hall–Kier alpha value is -4.44. The zero-order chi connectivity index (χ0) is 21.5. The third kappa shape index (κ3) is 4.95. The van der Waals surface area contributed by atoms with E-state index in [1.54, 1.807) is 48.8 Å². The fourth-order valence-electron chi connectivity index (χ4n) is 3.16. The zero-order valence-corrected chi connectivity index (χ0v) is 16.6. The largest absolute Gasteiger partial charge is 0.424 e. The van der Waals surface area contributed by atoms with E-state index in [4.69, 9.17) is 10.00 Å². The van der Waals surface area contributed by atoms with Gasteiger partial charge in [-0.3, -0.25) is 4.79 Å². The van der Waals surface area contributed by atoms with Crippen molar-refractivity contribution in [2.24, 2.45) is 0 Å². The number of rotatable bonds is 7. The number of fused-ring (bicyclic) bond motifs is 1. The number of carbonyl (C=O) groups excluding carboxylic acids is 1. The molecule has 4 aromatic rings. The summed E-state index contributed by atoms with van der Waals surface area (Å²) in [5, 5.41) is 12.7. The van der Waals surface area contributed by atoms with Crippen LogP contribution in [0.3, 0.4) is 0 Å². The summed E-state index contributed by atoms with van der Waals surface area (Å²) in [5.74, 6) is 0.332. The van der Waals surface area contributed by atoms with Crippen LogP contribution in [0.4, 0.5) is 5.69 Å². The average molecular weight is 409 g/mol. The SMILES string of the molecule is N#CCCn1cc(/C=C/C(=O)Nc2ccc(Oc3ncccn3)cc2)c2ccccc21. The van der Waals surface area contributed by atoms with E-state index < -0.39 is 0 Å². The number of nitrogens with zero attached hydrogens (tertiary/aromatic N) is 4. The van der Waals surface area contributed by atoms with Crippen molar-refractivity contribution in [3.8, 4) is 17.8 Å². The van der Waals surface area contributed by atoms with Gasteiger partial charge in [-0.25, -0.2) is 9.97 Å². The number of amides is 1. The van der Waals surface area contributed by atoms with Crippen LogP contribution in [-0.4, -0.2) is 20.4 Å². The number of benzene rings is 2. The molecule has 7 heteroatoms. The van der Waals surface area contributed by atoms with E-state index in [-0.39, 0.29) is 11.9 Å². The Labute approximate surface area is 179 Å². The van der Waals surface area contributed by atoms with Crippen LogP contribution in [0.2, 0.25) is 0 Å². The lowest BCUT2D eigenvalue weighted by Gasteiger charge is -2.05. The van der Waals surface area contributed by atoms with Crippen LogP contribution in [0.5, 0.6) is 11.8 Å². The van der Waals surface area contributed by atoms with Crippen LogP contribution in [0.15, 0.2) is 79.3 Å². The number of hydrogen-bond acceptors (Lipinski definition) is 5. The summed E-state index contributed by atoms with van der Waals surface area (Å²) < 4.78 is 7.58. The first-order valence-corrected chi connectivity index (χ1v) is 9.72. The van der Waals surface area contributed by atoms with Crippen LogP contribution in [0.25, 0.3) is 17.0 Å². The molecule has 7 nitrogen and oxygen atoms in total. The molecule has 1 amide bonds. The van der Waals surface area contributed by atoms with Crippen LogP contribution >= 0.6 is 0 Å². The number of nitrogens with one attached hydrogen (secondary N) is 1. The third-order valence-electron chi connectivity index (χ3n) is 4.57. The second kappa shape index (κ2) is 9.37. The number of carbonyl (C=O) groups is 1. The predicted octanol–water partition coefficient (Wildman–Crippen LogP) is 4.79. The highest BCUT2D eigenvalue weighted by Gasteiger charge is 2.07. The first-order chi connectivity index (χ1) is 15.2. The van der Waals surface area contributed by atoms with Gasteiger partial charge in [0, 0.05) is 53.4 Å². The smallest absolute Gasteiger partial charge is 0.321 e. The minimum Gasteiger partial charge on any atom is -0.424 e. The molecule has 1 N–H and O–H groups in total. The van der Waals surface area contributed by atoms with Crippen molar-refractivity contribution in [1.82, 2.24) is 14.5 Å². The Morgan fingerprint density at radius 2 is 1.87 bits per heavy atom. The number of aromatic nitrogens is 3. The van der Waals surface area contributed by atoms with Crippen molar-refractivity contribution in [2.75, 3.05) is 5.32 Å². The Morgan fingerprint density at radius 3 is 2.65 bits per heavy atom. The molecule has 0 saturated heterocycles. The number of ether oxygens (including phenoxy) is 1. The van der Waals surface area contributed by atoms with Gasteiger partial charge in [-0.05, 0) is 42.5 Å². The Morgan fingerprint density at radius 1 is 1.10 bits per heavy atom. The van der Waals surface area contributed by atoms with Gasteiger partial charge in [0.25, 0.3) is 0 Å². The maximum atomic E-state index is 12.4. The highest BCUT2D eigenvalue weighted by molar-refractivity contribution is 6.03. The van der Waals surface area contributed by atoms with Gasteiger partial charge in [-0.1, -0.05) is 18.2 Å². The topological polar surface area (TPSA) is 92.8 Å². The molecule has 0 bridgehead atoms. The molecular formula is C24H19N5O2. The number of aryl methyl sites for hydroxylation is 1. The lowest BCUT2D eigenvalue weighted by molar-refractivity contribution is -0.111. The lowest BCUT2D eigenvalue weighted by Crippen LogP contribution is -2.07. The Balaban J connectivity index is 1.42. The molecule has 0 spiro atoms. The van der Waals surface area contributed by atoms with E-state index in [1.807, 2.05) is 35.0 Å². The first-order valence-electron chi connectivity index (χ1n) is 9.72. The van der Waals surface area contributed by atoms with E-state index in [2.05, 4.69) is 21.4 Å². The average Bonchev–Trinajstić information content (AvgIpc) is 3.16. The summed E-state index contributed by atoms with van der Waals surface area (Å²) in [7, 11) is 0. The lowest BCUT2D eigenvalue weighted by atomic mass is 10.1. The maximum Gasteiger partial charge on any atom is 0.321 e. The molecule has 4 rings (SSSR count). The van der Waals surface area contributed by atoms with E-state index >= 15 is 0 Å². The second-order valence-corrected chi connectivity index (χ2v) is 6.68. The monoisotopic (exact) mass is 409 g/mol. The fraction of sp³-hybridized carbons (Fsp3) is 0.0833. The van der Waals surface area contributed by atoms with Crippen molar-refractivity contribution >= 4 is 28.6 Å². The van der Waals surface area contributed by atoms with Gasteiger partial charge in [-0.15, -0.1) is 0 Å². The molecule has 0 atom stereocenters. The van der Waals surface area contributed by atoms with Crippen LogP contribution in [0.1, 0.15) is 12.0 Å². The third-order valence-corrected chi connectivity index (χ3v) is 4.57. The minimum absolute atomic E-state index is 0.242. The predicted molar refractivity (Wildman–Crippen MR) is 118 cm³/mol. The summed E-state index contributed by atoms with van der Waals surface area (Å²) in [6.07, 6.45) is 8.87. The number of nitriles is 1. The molecule has 0 radical (unpaired) electrons. The molecule has 2 heterocycles. The molecule has 0 unspecified atom stereocenters. The van der Waals surface area contributed by atoms with E-state index in [9.17, 15) is 4.79 Å². The highest BCUT2D eigenvalue weighted by atomic mass is 16.5. The molecule has 31 heavy (non-hydrogen) atoms. The molecule has 0 aliphatic carbocycles. The van der Waals surface area contributed by atoms with Gasteiger partial charge in [0.05, 0.1) is 12.5 Å². The minimum atomic E-state index is -0.242. The van der Waals surface area contributed by atoms with Crippen molar-refractivity contribution in [2.45, 2.75) is 13.0 Å². The molecule has 0 aliphatic rings. The normalized spacial score (nSPS) is 10.8. The summed E-state index contributed by atoms with van der Waals surface area (Å²) in [5.41, 5.74) is 2.61. The zero-order valence-electron chi connectivity index (χ0n) is 16.6. The maximum absolute atomic E-state index is 12.4. The summed E-state index contributed by atoms with van der Waals surface area (Å²) >= 11 is 0. The van der Waals surface area contributed by atoms with E-state index in [0.29, 0.717) is 24.4 Å². The summed E-state index contributed by atoms with van der Waals surface area (Å²) in [4.78, 5) is 20.4. The molecule has 0 saturated carbocycles. The van der Waals surface area contributed by atoms with Crippen LogP contribution < -0.4 is 10.1 Å². The molecule has 0 fully saturated rings. The molecule has 2 aromatic heterocycles. The van der Waals surface area contributed by atoms with Crippen LogP contribution in [-0.2, 0) is 11.3 Å². The number of anilines is 1. The highest BCUT2D eigenvalue weighted by Crippen LogP contribution is 2.23. The van der Waals surface area contributed by atoms with Crippen LogP contribution in [0, 0.1) is 11.3 Å². The fourth-order valence-corrected chi connectivity index (χ4v) is 3.16. The Kier molecular flexibility index (Phi) is 6.00. The number of para-hydroxylation sites is 1. The second-order valence-electron chi connectivity index (χ2n) is 6.68. The molecular weight excluding hydrogens is 390 g/mol. The molecule has 2 aromatic carbocycles. The molecule has 152 valence electrons. The van der Waals surface area contributed by atoms with Crippen molar-refractivity contribution < 1.29 is 9.53 Å². The van der Waals surface area contributed by atoms with Gasteiger partial charge >= 0.3 is 6.01 Å². The quantitative estimate of drug-likeness (QED) is 0.443. The van der Waals surface area contributed by atoms with E-state index in [0.717, 1.165) is 16.5 Å². The van der Waals surface area contributed by atoms with Gasteiger partial charge < -0.3 is 14.6 Å². The molecule has 0 aliphatic heterocycles. The summed E-state index contributed by atoms with van der Waals surface area (Å²) in [6.45, 7) is 0.611. The van der Waals surface area contributed by atoms with Gasteiger partial charge in [0.15, 0.2) is 0 Å². The van der Waals surface area contributed by atoms with Gasteiger partial charge in [0.2, 0.25) is 5.91 Å². The van der Waals surface area contributed by atoms with Crippen molar-refractivity contribution in [3.05, 3.63) is 84.8 Å². The first kappa shape index (κ1) is 19.9. The standard InChI is InChI=1S/C24H19N5O2/c25-13-3-16-29-17-18(21-5-1-2-6-22(21)29)7-12-23(30)28-19-8-10-20(11-9-19)31-24-26-14-4-15-27-24/h1-2,4-12,14-15,17H,3,16H2,(H,28,30)/b12-7+. The van der Waals surface area contributed by atoms with Crippen molar-refractivity contribution in [3.63, 3.8) is 0 Å². The Bertz CT molecular complexity index is 1250.